The lowest BCUT2D eigenvalue weighted by Crippen LogP contribution is -2.25. The fraction of sp³-hybridized carbons (Fsp3) is 0.278. The molecule has 1 atom stereocenters. The van der Waals surface area contributed by atoms with Crippen molar-refractivity contribution in [3.63, 3.8) is 0 Å². The highest BCUT2D eigenvalue weighted by atomic mass is 16.3. The summed E-state index contributed by atoms with van der Waals surface area (Å²) in [5.74, 6) is 0.891. The van der Waals surface area contributed by atoms with Gasteiger partial charge in [-0.3, -0.25) is 0 Å². The third kappa shape index (κ3) is 2.57. The molecule has 0 radical (unpaired) electrons. The number of aliphatic hydroxyl groups is 1. The Balaban J connectivity index is 1.96. The maximum atomic E-state index is 10.8. The molecule has 0 amide bonds. The number of fused-ring (bicyclic) bond motifs is 1. The van der Waals surface area contributed by atoms with Crippen LogP contribution in [-0.2, 0) is 19.1 Å². The zero-order valence-corrected chi connectivity index (χ0v) is 12.7. The first-order valence-electron chi connectivity index (χ1n) is 7.17. The summed E-state index contributed by atoms with van der Waals surface area (Å²) < 4.78 is 2.05. The monoisotopic (exact) mass is 280 g/mol. The molecule has 2 aromatic carbocycles. The van der Waals surface area contributed by atoms with Crippen LogP contribution in [0.25, 0.3) is 11.0 Å². The van der Waals surface area contributed by atoms with Crippen LogP contribution < -0.4 is 0 Å². The van der Waals surface area contributed by atoms with E-state index in [2.05, 4.69) is 9.55 Å². The predicted molar refractivity (Wildman–Crippen MR) is 85.2 cm³/mol. The molecule has 0 bridgehead atoms. The molecular weight excluding hydrogens is 260 g/mol. The first kappa shape index (κ1) is 13.8. The molecule has 0 spiro atoms. The first-order chi connectivity index (χ1) is 9.97. The van der Waals surface area contributed by atoms with E-state index >= 15 is 0 Å². The van der Waals surface area contributed by atoms with Crippen LogP contribution in [0.1, 0.15) is 23.9 Å². The molecule has 1 unspecified atom stereocenters. The summed E-state index contributed by atoms with van der Waals surface area (Å²) >= 11 is 0. The Morgan fingerprint density at radius 1 is 1.10 bits per heavy atom. The van der Waals surface area contributed by atoms with Crippen molar-refractivity contribution in [1.82, 2.24) is 9.55 Å². The summed E-state index contributed by atoms with van der Waals surface area (Å²) in [6.45, 7) is 3.89. The van der Waals surface area contributed by atoms with E-state index in [0.29, 0.717) is 6.42 Å². The van der Waals surface area contributed by atoms with Gasteiger partial charge in [0.1, 0.15) is 5.82 Å². The summed E-state index contributed by atoms with van der Waals surface area (Å²) in [4.78, 5) is 4.64. The van der Waals surface area contributed by atoms with Gasteiger partial charge in [-0.25, -0.2) is 4.98 Å². The molecule has 3 nitrogen and oxygen atoms in total. The van der Waals surface area contributed by atoms with Crippen molar-refractivity contribution in [1.29, 1.82) is 0 Å². The van der Waals surface area contributed by atoms with Crippen LogP contribution in [0.15, 0.2) is 48.5 Å². The summed E-state index contributed by atoms with van der Waals surface area (Å²) in [7, 11) is 2.00. The second kappa shape index (κ2) is 5.01. The van der Waals surface area contributed by atoms with E-state index in [9.17, 15) is 5.11 Å². The normalized spacial score (nSPS) is 14.3. The van der Waals surface area contributed by atoms with Crippen LogP contribution in [0.5, 0.6) is 0 Å². The minimum Gasteiger partial charge on any atom is -0.385 e. The maximum absolute atomic E-state index is 10.8. The molecule has 3 rings (SSSR count). The fourth-order valence-corrected chi connectivity index (χ4v) is 2.68. The molecule has 3 aromatic rings. The van der Waals surface area contributed by atoms with Gasteiger partial charge in [0, 0.05) is 13.5 Å². The molecule has 1 N–H and O–H groups in total. The largest absolute Gasteiger partial charge is 0.385 e. The lowest BCUT2D eigenvalue weighted by atomic mass is 9.91. The third-order valence-electron chi connectivity index (χ3n) is 4.06. The maximum Gasteiger partial charge on any atom is 0.112 e. The molecule has 1 heterocycles. The van der Waals surface area contributed by atoms with Crippen molar-refractivity contribution < 1.29 is 5.11 Å². The van der Waals surface area contributed by atoms with E-state index in [1.54, 1.807) is 0 Å². The minimum atomic E-state index is -0.928. The Morgan fingerprint density at radius 2 is 1.76 bits per heavy atom. The molecule has 108 valence electrons. The van der Waals surface area contributed by atoms with Gasteiger partial charge >= 0.3 is 0 Å². The topological polar surface area (TPSA) is 38.1 Å². The molecule has 21 heavy (non-hydrogen) atoms. The average Bonchev–Trinajstić information content (AvgIpc) is 2.76. The quantitative estimate of drug-likeness (QED) is 0.799. The van der Waals surface area contributed by atoms with E-state index in [1.165, 1.54) is 5.56 Å². The number of benzene rings is 2. The molecule has 0 saturated carbocycles. The zero-order valence-electron chi connectivity index (χ0n) is 12.7. The highest BCUT2D eigenvalue weighted by Crippen LogP contribution is 2.26. The SMILES string of the molecule is Cc1ccc(C(C)(O)Cc2nc3ccccc3n2C)cc1. The lowest BCUT2D eigenvalue weighted by Gasteiger charge is -2.23. The highest BCUT2D eigenvalue weighted by Gasteiger charge is 2.26. The van der Waals surface area contributed by atoms with E-state index < -0.39 is 5.60 Å². The Bertz CT molecular complexity index is 770. The molecule has 0 saturated heterocycles. The number of nitrogens with zero attached hydrogens (tertiary/aromatic N) is 2. The second-order valence-corrected chi connectivity index (χ2v) is 5.89. The van der Waals surface area contributed by atoms with Crippen LogP contribution >= 0.6 is 0 Å². The predicted octanol–water partition coefficient (Wildman–Crippen LogP) is 3.33. The molecule has 0 aliphatic rings. The van der Waals surface area contributed by atoms with Crippen molar-refractivity contribution >= 4 is 11.0 Å². The molecule has 0 fully saturated rings. The average molecular weight is 280 g/mol. The van der Waals surface area contributed by atoms with E-state index in [-0.39, 0.29) is 0 Å². The Morgan fingerprint density at radius 3 is 2.43 bits per heavy atom. The molecule has 1 aromatic heterocycles. The van der Waals surface area contributed by atoms with Crippen LogP contribution in [-0.4, -0.2) is 14.7 Å². The van der Waals surface area contributed by atoms with Gasteiger partial charge in [-0.05, 0) is 31.5 Å². The van der Waals surface area contributed by atoms with Crippen molar-refractivity contribution in [2.45, 2.75) is 25.9 Å². The van der Waals surface area contributed by atoms with Gasteiger partial charge < -0.3 is 9.67 Å². The minimum absolute atomic E-state index is 0.487. The van der Waals surface area contributed by atoms with Crippen molar-refractivity contribution in [2.75, 3.05) is 0 Å². The van der Waals surface area contributed by atoms with Crippen LogP contribution in [0.3, 0.4) is 0 Å². The summed E-state index contributed by atoms with van der Waals surface area (Å²) in [5.41, 5.74) is 3.24. The van der Waals surface area contributed by atoms with E-state index in [4.69, 9.17) is 0 Å². The molecule has 0 aliphatic carbocycles. The fourth-order valence-electron chi connectivity index (χ4n) is 2.68. The Labute approximate surface area is 124 Å². The van der Waals surface area contributed by atoms with Gasteiger partial charge in [-0.2, -0.15) is 0 Å². The van der Waals surface area contributed by atoms with Crippen LogP contribution in [0.2, 0.25) is 0 Å². The van der Waals surface area contributed by atoms with Crippen LogP contribution in [0, 0.1) is 6.92 Å². The Hall–Kier alpha value is -2.13. The van der Waals surface area contributed by atoms with Gasteiger partial charge in [-0.1, -0.05) is 42.0 Å². The molecule has 0 aliphatic heterocycles. The van der Waals surface area contributed by atoms with E-state index in [0.717, 1.165) is 22.4 Å². The van der Waals surface area contributed by atoms with Gasteiger partial charge in [0.15, 0.2) is 0 Å². The number of imidazole rings is 1. The van der Waals surface area contributed by atoms with Gasteiger partial charge in [0.05, 0.1) is 16.6 Å². The Kier molecular flexibility index (Phi) is 3.30. The smallest absolute Gasteiger partial charge is 0.112 e. The number of aryl methyl sites for hydroxylation is 2. The number of rotatable bonds is 3. The summed E-state index contributed by atoms with van der Waals surface area (Å²) in [5, 5.41) is 10.8. The van der Waals surface area contributed by atoms with Gasteiger partial charge in [0.2, 0.25) is 0 Å². The number of hydrogen-bond donors (Lipinski definition) is 1. The van der Waals surface area contributed by atoms with Gasteiger partial charge in [0.25, 0.3) is 0 Å². The summed E-state index contributed by atoms with van der Waals surface area (Å²) in [6, 6.07) is 16.1. The zero-order chi connectivity index (χ0) is 15.0. The molecule has 3 heteroatoms. The van der Waals surface area contributed by atoms with Crippen LogP contribution in [0.4, 0.5) is 0 Å². The van der Waals surface area contributed by atoms with Crippen molar-refractivity contribution in [3.8, 4) is 0 Å². The highest BCUT2D eigenvalue weighted by molar-refractivity contribution is 5.75. The number of hydrogen-bond acceptors (Lipinski definition) is 2. The second-order valence-electron chi connectivity index (χ2n) is 5.89. The number of aromatic nitrogens is 2. The van der Waals surface area contributed by atoms with Crippen molar-refractivity contribution in [3.05, 3.63) is 65.5 Å². The van der Waals surface area contributed by atoms with Gasteiger partial charge in [-0.15, -0.1) is 0 Å². The summed E-state index contributed by atoms with van der Waals surface area (Å²) in [6.07, 6.45) is 0.487. The van der Waals surface area contributed by atoms with Crippen molar-refractivity contribution in [2.24, 2.45) is 7.05 Å². The van der Waals surface area contributed by atoms with E-state index in [1.807, 2.05) is 69.4 Å². The third-order valence-corrected chi connectivity index (χ3v) is 4.06. The standard InChI is InChI=1S/C18H20N2O/c1-13-8-10-14(11-9-13)18(2,21)12-17-19-15-6-4-5-7-16(15)20(17)3/h4-11,21H,12H2,1-3H3. The first-order valence-corrected chi connectivity index (χ1v) is 7.17. The molecular formula is C18H20N2O. The number of para-hydroxylation sites is 2. The lowest BCUT2D eigenvalue weighted by molar-refractivity contribution is 0.0549.